The van der Waals surface area contributed by atoms with Crippen molar-refractivity contribution in [3.05, 3.63) is 24.3 Å². The molecule has 1 fully saturated rings. The fourth-order valence-corrected chi connectivity index (χ4v) is 3.23. The predicted molar refractivity (Wildman–Crippen MR) is 108 cm³/mol. The standard InChI is InChI=1S/C21H27NO10/c1-11(23)22-18-20(30-14(4)26)19(29-13(3)25)17(10-28-12(2)24)32-21(18)31-16-9-7-6-8-15(16)27-5/h6-9,17-21H,10H2,1-5H3,(H,22,23)/t17-,18+,19+,20+,21-/m1/s1. The van der Waals surface area contributed by atoms with Gasteiger partial charge in [0.1, 0.15) is 18.8 Å². The second kappa shape index (κ2) is 11.3. The first-order valence-electron chi connectivity index (χ1n) is 9.82. The molecule has 1 N–H and O–H groups in total. The summed E-state index contributed by atoms with van der Waals surface area (Å²) < 4.78 is 33.0. The molecule has 1 aromatic rings. The van der Waals surface area contributed by atoms with E-state index in [-0.39, 0.29) is 12.4 Å². The molecule has 1 aliphatic rings. The van der Waals surface area contributed by atoms with Crippen molar-refractivity contribution in [2.24, 2.45) is 0 Å². The number of hydrogen-bond acceptors (Lipinski definition) is 10. The molecule has 1 aliphatic heterocycles. The molecule has 1 amide bonds. The van der Waals surface area contributed by atoms with Crippen molar-refractivity contribution in [2.45, 2.75) is 58.3 Å². The molecular weight excluding hydrogens is 426 g/mol. The molecule has 0 bridgehead atoms. The van der Waals surface area contributed by atoms with E-state index in [1.54, 1.807) is 24.3 Å². The van der Waals surface area contributed by atoms with Gasteiger partial charge in [-0.3, -0.25) is 19.2 Å². The number of ether oxygens (including phenoxy) is 6. The molecule has 0 unspecified atom stereocenters. The lowest BCUT2D eigenvalue weighted by atomic mass is 9.96. The van der Waals surface area contributed by atoms with Crippen molar-refractivity contribution >= 4 is 23.8 Å². The Hall–Kier alpha value is -3.34. The molecule has 1 aromatic carbocycles. The van der Waals surface area contributed by atoms with Crippen LogP contribution in [0, 0.1) is 0 Å². The molecule has 176 valence electrons. The molecular formula is C21H27NO10. The van der Waals surface area contributed by atoms with E-state index < -0.39 is 54.5 Å². The number of esters is 3. The minimum atomic E-state index is -1.22. The van der Waals surface area contributed by atoms with Gasteiger partial charge in [0, 0.05) is 27.7 Å². The van der Waals surface area contributed by atoms with E-state index in [4.69, 9.17) is 28.4 Å². The van der Waals surface area contributed by atoms with Crippen LogP contribution in [0.5, 0.6) is 11.5 Å². The van der Waals surface area contributed by atoms with Crippen molar-refractivity contribution in [2.75, 3.05) is 13.7 Å². The number of benzene rings is 1. The van der Waals surface area contributed by atoms with E-state index in [1.807, 2.05) is 0 Å². The van der Waals surface area contributed by atoms with Crippen LogP contribution in [0.15, 0.2) is 24.3 Å². The molecule has 0 aliphatic carbocycles. The van der Waals surface area contributed by atoms with Gasteiger partial charge in [-0.1, -0.05) is 12.1 Å². The minimum absolute atomic E-state index is 0.286. The Morgan fingerprint density at radius 3 is 2.03 bits per heavy atom. The van der Waals surface area contributed by atoms with E-state index in [0.717, 1.165) is 0 Å². The Bertz CT molecular complexity index is 842. The first-order chi connectivity index (χ1) is 15.1. The van der Waals surface area contributed by atoms with Crippen molar-refractivity contribution in [3.63, 3.8) is 0 Å². The summed E-state index contributed by atoms with van der Waals surface area (Å²) in [6.45, 7) is 4.48. The number of amides is 1. The second-order valence-corrected chi connectivity index (χ2v) is 6.99. The molecule has 11 heteroatoms. The first-order valence-corrected chi connectivity index (χ1v) is 9.82. The summed E-state index contributed by atoms with van der Waals surface area (Å²) in [5, 5.41) is 2.63. The van der Waals surface area contributed by atoms with Crippen molar-refractivity contribution in [3.8, 4) is 11.5 Å². The third kappa shape index (κ3) is 6.84. The number of carbonyl (C=O) groups is 4. The van der Waals surface area contributed by atoms with Gasteiger partial charge in [-0.15, -0.1) is 0 Å². The highest BCUT2D eigenvalue weighted by Crippen LogP contribution is 2.32. The molecule has 1 saturated heterocycles. The first kappa shape index (κ1) is 24.9. The lowest BCUT2D eigenvalue weighted by molar-refractivity contribution is -0.257. The highest BCUT2D eigenvalue weighted by atomic mass is 16.7. The van der Waals surface area contributed by atoms with Crippen LogP contribution in [0.3, 0.4) is 0 Å². The van der Waals surface area contributed by atoms with Crippen LogP contribution in [0.25, 0.3) is 0 Å². The summed E-state index contributed by atoms with van der Waals surface area (Å²) in [6, 6.07) is 5.65. The average molecular weight is 453 g/mol. The van der Waals surface area contributed by atoms with Crippen LogP contribution in [-0.2, 0) is 38.1 Å². The molecule has 2 rings (SSSR count). The highest BCUT2D eigenvalue weighted by Gasteiger charge is 2.52. The third-order valence-corrected chi connectivity index (χ3v) is 4.38. The molecule has 32 heavy (non-hydrogen) atoms. The van der Waals surface area contributed by atoms with Crippen molar-refractivity contribution < 1.29 is 47.6 Å². The summed E-state index contributed by atoms with van der Waals surface area (Å²) in [5.74, 6) is -1.76. The second-order valence-electron chi connectivity index (χ2n) is 6.99. The van der Waals surface area contributed by atoms with Crippen LogP contribution in [0.1, 0.15) is 27.7 Å². The maximum atomic E-state index is 11.9. The highest BCUT2D eigenvalue weighted by molar-refractivity contribution is 5.73. The number of para-hydroxylation sites is 2. The van der Waals surface area contributed by atoms with E-state index in [0.29, 0.717) is 5.75 Å². The summed E-state index contributed by atoms with van der Waals surface area (Å²) >= 11 is 0. The van der Waals surface area contributed by atoms with Gasteiger partial charge < -0.3 is 33.7 Å². The molecule has 1 heterocycles. The number of nitrogens with one attached hydrogen (secondary N) is 1. The van der Waals surface area contributed by atoms with Gasteiger partial charge in [0.05, 0.1) is 7.11 Å². The number of carbonyl (C=O) groups excluding carboxylic acids is 4. The van der Waals surface area contributed by atoms with Gasteiger partial charge in [0.15, 0.2) is 23.7 Å². The lowest BCUT2D eigenvalue weighted by Gasteiger charge is -2.44. The van der Waals surface area contributed by atoms with Crippen LogP contribution >= 0.6 is 0 Å². The largest absolute Gasteiger partial charge is 0.493 e. The third-order valence-electron chi connectivity index (χ3n) is 4.38. The maximum absolute atomic E-state index is 11.9. The fourth-order valence-electron chi connectivity index (χ4n) is 3.23. The Kier molecular flexibility index (Phi) is 8.82. The molecule has 0 spiro atoms. The van der Waals surface area contributed by atoms with E-state index >= 15 is 0 Å². The molecule has 0 aromatic heterocycles. The zero-order valence-electron chi connectivity index (χ0n) is 18.5. The average Bonchev–Trinajstić information content (AvgIpc) is 2.70. The Balaban J connectivity index is 2.48. The Morgan fingerprint density at radius 2 is 1.50 bits per heavy atom. The van der Waals surface area contributed by atoms with Gasteiger partial charge in [-0.2, -0.15) is 0 Å². The predicted octanol–water partition coefficient (Wildman–Crippen LogP) is 0.730. The zero-order chi connectivity index (χ0) is 23.8. The SMILES string of the molecule is COc1ccccc1O[C@@H]1O[C@H](COC(C)=O)[C@H](OC(C)=O)[C@@H](OC(C)=O)[C@@H]1NC(C)=O. The Labute approximate surface area is 185 Å². The summed E-state index contributed by atoms with van der Waals surface area (Å²) in [4.78, 5) is 46.9. The van der Waals surface area contributed by atoms with Crippen LogP contribution in [-0.4, -0.2) is 68.2 Å². The summed E-state index contributed by atoms with van der Waals surface area (Å²) in [6.07, 6.45) is -4.66. The number of methoxy groups -OCH3 is 1. The van der Waals surface area contributed by atoms with Crippen LogP contribution in [0.4, 0.5) is 0 Å². The topological polar surface area (TPSA) is 136 Å². The van der Waals surface area contributed by atoms with Crippen LogP contribution < -0.4 is 14.8 Å². The monoisotopic (exact) mass is 453 g/mol. The quantitative estimate of drug-likeness (QED) is 0.443. The molecule has 0 saturated carbocycles. The van der Waals surface area contributed by atoms with Crippen molar-refractivity contribution in [1.29, 1.82) is 0 Å². The fraction of sp³-hybridized carbons (Fsp3) is 0.524. The van der Waals surface area contributed by atoms with Gasteiger partial charge in [0.25, 0.3) is 0 Å². The maximum Gasteiger partial charge on any atom is 0.303 e. The van der Waals surface area contributed by atoms with E-state index in [9.17, 15) is 19.2 Å². The molecule has 0 radical (unpaired) electrons. The zero-order valence-corrected chi connectivity index (χ0v) is 18.5. The van der Waals surface area contributed by atoms with Gasteiger partial charge >= 0.3 is 17.9 Å². The van der Waals surface area contributed by atoms with E-state index in [2.05, 4.69) is 5.32 Å². The summed E-state index contributed by atoms with van der Waals surface area (Å²) in [7, 11) is 1.46. The molecule has 11 nitrogen and oxygen atoms in total. The van der Waals surface area contributed by atoms with E-state index in [1.165, 1.54) is 34.8 Å². The van der Waals surface area contributed by atoms with Crippen LogP contribution in [0.2, 0.25) is 0 Å². The van der Waals surface area contributed by atoms with Gasteiger partial charge in [-0.05, 0) is 12.1 Å². The number of hydrogen-bond donors (Lipinski definition) is 1. The Morgan fingerprint density at radius 1 is 0.906 bits per heavy atom. The number of rotatable bonds is 8. The van der Waals surface area contributed by atoms with Crippen molar-refractivity contribution in [1.82, 2.24) is 5.32 Å². The summed E-state index contributed by atoms with van der Waals surface area (Å²) in [5.41, 5.74) is 0. The lowest BCUT2D eigenvalue weighted by Crippen LogP contribution is -2.67. The normalized spacial score (nSPS) is 24.6. The van der Waals surface area contributed by atoms with Gasteiger partial charge in [-0.25, -0.2) is 0 Å². The van der Waals surface area contributed by atoms with Gasteiger partial charge in [0.2, 0.25) is 12.2 Å². The smallest absolute Gasteiger partial charge is 0.303 e. The minimum Gasteiger partial charge on any atom is -0.493 e. The molecule has 5 atom stereocenters.